The molecule has 0 aliphatic heterocycles. The number of carbonyl (C=O) groups is 1. The lowest BCUT2D eigenvalue weighted by Crippen LogP contribution is -2.44. The Kier molecular flexibility index (Phi) is 7.07. The number of rotatable bonds is 8. The van der Waals surface area contributed by atoms with Crippen LogP contribution >= 0.6 is 0 Å². The van der Waals surface area contributed by atoms with Crippen molar-refractivity contribution in [3.8, 4) is 11.5 Å². The number of amides is 1. The first-order valence-corrected chi connectivity index (χ1v) is 9.13. The fourth-order valence-corrected chi connectivity index (χ4v) is 2.62. The molecule has 26 heavy (non-hydrogen) atoms. The molecule has 2 aromatic rings. The maximum Gasteiger partial charge on any atom is 0.261 e. The highest BCUT2D eigenvalue weighted by molar-refractivity contribution is 5.81. The molecule has 4 nitrogen and oxygen atoms in total. The van der Waals surface area contributed by atoms with E-state index in [4.69, 9.17) is 9.47 Å². The molecule has 0 fully saturated rings. The van der Waals surface area contributed by atoms with Crippen LogP contribution in [0.25, 0.3) is 0 Å². The molecule has 0 saturated carbocycles. The summed E-state index contributed by atoms with van der Waals surface area (Å²) in [5.74, 6) is 1.48. The molecular formula is C22H29NO3. The van der Waals surface area contributed by atoms with Crippen LogP contribution in [0.1, 0.15) is 37.0 Å². The predicted octanol–water partition coefficient (Wildman–Crippen LogP) is 4.35. The number of hydrogen-bond donors (Lipinski definition) is 1. The summed E-state index contributed by atoms with van der Waals surface area (Å²) < 4.78 is 11.8. The van der Waals surface area contributed by atoms with Gasteiger partial charge < -0.3 is 14.8 Å². The Morgan fingerprint density at radius 3 is 2.42 bits per heavy atom. The first kappa shape index (κ1) is 19.8. The van der Waals surface area contributed by atoms with Crippen LogP contribution in [0, 0.1) is 20.8 Å². The van der Waals surface area contributed by atoms with Crippen molar-refractivity contribution in [3.63, 3.8) is 0 Å². The van der Waals surface area contributed by atoms with Crippen molar-refractivity contribution in [3.05, 3.63) is 59.2 Å². The zero-order valence-electron chi connectivity index (χ0n) is 16.3. The van der Waals surface area contributed by atoms with Crippen LogP contribution in [0.5, 0.6) is 11.5 Å². The molecule has 0 saturated heterocycles. The van der Waals surface area contributed by atoms with Crippen molar-refractivity contribution in [2.45, 2.75) is 53.2 Å². The van der Waals surface area contributed by atoms with Gasteiger partial charge in [-0.3, -0.25) is 4.79 Å². The van der Waals surface area contributed by atoms with Gasteiger partial charge in [-0.15, -0.1) is 0 Å². The van der Waals surface area contributed by atoms with Crippen LogP contribution in [-0.2, 0) is 4.79 Å². The fraction of sp³-hybridized carbons (Fsp3) is 0.409. The van der Waals surface area contributed by atoms with Gasteiger partial charge in [-0.2, -0.15) is 0 Å². The van der Waals surface area contributed by atoms with Gasteiger partial charge in [-0.05, 0) is 62.9 Å². The van der Waals surface area contributed by atoms with Crippen molar-refractivity contribution >= 4 is 5.91 Å². The summed E-state index contributed by atoms with van der Waals surface area (Å²) in [6.07, 6.45) is 0.0846. The smallest absolute Gasteiger partial charge is 0.261 e. The zero-order chi connectivity index (χ0) is 19.1. The minimum Gasteiger partial charge on any atom is -0.491 e. The summed E-state index contributed by atoms with van der Waals surface area (Å²) in [4.78, 5) is 12.6. The third kappa shape index (κ3) is 5.51. The van der Waals surface area contributed by atoms with Gasteiger partial charge in [0, 0.05) is 0 Å². The standard InChI is InChI=1S/C22H29NO3/c1-6-19(26-21-13-15(2)11-12-17(21)4)22(24)23-18(5)14-25-20-10-8-7-9-16(20)3/h7-13,18-19H,6,14H2,1-5H3,(H,23,24)/t18-,19-/m0/s1. The average molecular weight is 355 g/mol. The Morgan fingerprint density at radius 2 is 1.73 bits per heavy atom. The molecule has 2 rings (SSSR count). The van der Waals surface area contributed by atoms with Gasteiger partial charge in [0.15, 0.2) is 6.10 Å². The summed E-state index contributed by atoms with van der Waals surface area (Å²) in [5, 5.41) is 2.99. The summed E-state index contributed by atoms with van der Waals surface area (Å²) >= 11 is 0. The molecule has 4 heteroatoms. The Balaban J connectivity index is 1.91. The summed E-state index contributed by atoms with van der Waals surface area (Å²) in [6.45, 7) is 10.3. The highest BCUT2D eigenvalue weighted by atomic mass is 16.5. The van der Waals surface area contributed by atoms with Crippen molar-refractivity contribution in [1.29, 1.82) is 0 Å². The molecule has 140 valence electrons. The van der Waals surface area contributed by atoms with E-state index >= 15 is 0 Å². The maximum absolute atomic E-state index is 12.6. The Hall–Kier alpha value is -2.49. The fourth-order valence-electron chi connectivity index (χ4n) is 2.62. The van der Waals surface area contributed by atoms with Gasteiger partial charge >= 0.3 is 0 Å². The molecule has 0 heterocycles. The van der Waals surface area contributed by atoms with Gasteiger partial charge in [-0.1, -0.05) is 37.3 Å². The molecule has 2 atom stereocenters. The quantitative estimate of drug-likeness (QED) is 0.766. The largest absolute Gasteiger partial charge is 0.491 e. The van der Waals surface area contributed by atoms with Crippen LogP contribution in [0.2, 0.25) is 0 Å². The van der Waals surface area contributed by atoms with Gasteiger partial charge in [0.1, 0.15) is 18.1 Å². The van der Waals surface area contributed by atoms with E-state index in [1.807, 2.05) is 77.1 Å². The predicted molar refractivity (Wildman–Crippen MR) is 105 cm³/mol. The number of ether oxygens (including phenoxy) is 2. The summed E-state index contributed by atoms with van der Waals surface area (Å²) in [7, 11) is 0. The number of para-hydroxylation sites is 1. The SMILES string of the molecule is CC[C@H](Oc1cc(C)ccc1C)C(=O)N[C@@H](C)COc1ccccc1C. The first-order valence-electron chi connectivity index (χ1n) is 9.13. The lowest BCUT2D eigenvalue weighted by molar-refractivity contribution is -0.129. The van der Waals surface area contributed by atoms with Crippen LogP contribution < -0.4 is 14.8 Å². The lowest BCUT2D eigenvalue weighted by atomic mass is 10.1. The number of benzene rings is 2. The minimum atomic E-state index is -0.517. The first-order chi connectivity index (χ1) is 12.4. The Morgan fingerprint density at radius 1 is 1.04 bits per heavy atom. The summed E-state index contributed by atoms with van der Waals surface area (Å²) in [5.41, 5.74) is 3.22. The molecule has 0 radical (unpaired) electrons. The van der Waals surface area contributed by atoms with Crippen LogP contribution in [-0.4, -0.2) is 24.7 Å². The Bertz CT molecular complexity index is 742. The van der Waals surface area contributed by atoms with Crippen LogP contribution in [0.15, 0.2) is 42.5 Å². The van der Waals surface area contributed by atoms with Gasteiger partial charge in [0.25, 0.3) is 5.91 Å². The van der Waals surface area contributed by atoms with E-state index in [0.29, 0.717) is 13.0 Å². The van der Waals surface area contributed by atoms with E-state index in [1.54, 1.807) is 0 Å². The highest BCUT2D eigenvalue weighted by Gasteiger charge is 2.21. The van der Waals surface area contributed by atoms with Gasteiger partial charge in [0.05, 0.1) is 6.04 Å². The molecule has 0 aliphatic rings. The second-order valence-corrected chi connectivity index (χ2v) is 6.77. The second-order valence-electron chi connectivity index (χ2n) is 6.77. The Labute approximate surface area is 156 Å². The van der Waals surface area contributed by atoms with E-state index in [-0.39, 0.29) is 11.9 Å². The topological polar surface area (TPSA) is 47.6 Å². The van der Waals surface area contributed by atoms with Gasteiger partial charge in [-0.25, -0.2) is 0 Å². The maximum atomic E-state index is 12.6. The van der Waals surface area contributed by atoms with E-state index < -0.39 is 6.10 Å². The van der Waals surface area contributed by atoms with Crippen LogP contribution in [0.3, 0.4) is 0 Å². The summed E-state index contributed by atoms with van der Waals surface area (Å²) in [6, 6.07) is 13.8. The third-order valence-corrected chi connectivity index (χ3v) is 4.25. The molecule has 0 aromatic heterocycles. The van der Waals surface area contributed by atoms with E-state index in [1.165, 1.54) is 0 Å². The van der Waals surface area contributed by atoms with E-state index in [0.717, 1.165) is 28.2 Å². The second kappa shape index (κ2) is 9.27. The number of aryl methyl sites for hydroxylation is 3. The number of carbonyl (C=O) groups excluding carboxylic acids is 1. The molecule has 0 spiro atoms. The monoisotopic (exact) mass is 355 g/mol. The molecule has 1 amide bonds. The highest BCUT2D eigenvalue weighted by Crippen LogP contribution is 2.21. The van der Waals surface area contributed by atoms with E-state index in [9.17, 15) is 4.79 Å². The molecule has 0 unspecified atom stereocenters. The van der Waals surface area contributed by atoms with Crippen molar-refractivity contribution in [2.75, 3.05) is 6.61 Å². The minimum absolute atomic E-state index is 0.113. The number of hydrogen-bond acceptors (Lipinski definition) is 3. The van der Waals surface area contributed by atoms with E-state index in [2.05, 4.69) is 5.32 Å². The van der Waals surface area contributed by atoms with Gasteiger partial charge in [0.2, 0.25) is 0 Å². The van der Waals surface area contributed by atoms with Crippen molar-refractivity contribution in [1.82, 2.24) is 5.32 Å². The molecular weight excluding hydrogens is 326 g/mol. The molecule has 0 aliphatic carbocycles. The van der Waals surface area contributed by atoms with Crippen molar-refractivity contribution in [2.24, 2.45) is 0 Å². The normalized spacial score (nSPS) is 13.0. The molecule has 1 N–H and O–H groups in total. The average Bonchev–Trinajstić information content (AvgIpc) is 2.61. The third-order valence-electron chi connectivity index (χ3n) is 4.25. The molecule has 0 bridgehead atoms. The van der Waals surface area contributed by atoms with Crippen molar-refractivity contribution < 1.29 is 14.3 Å². The lowest BCUT2D eigenvalue weighted by Gasteiger charge is -2.22. The van der Waals surface area contributed by atoms with Crippen LogP contribution in [0.4, 0.5) is 0 Å². The number of nitrogens with one attached hydrogen (secondary N) is 1. The zero-order valence-corrected chi connectivity index (χ0v) is 16.3. The molecule has 2 aromatic carbocycles.